The van der Waals surface area contributed by atoms with Gasteiger partial charge in [0.25, 0.3) is 0 Å². The molecule has 118 valence electrons. The lowest BCUT2D eigenvalue weighted by Gasteiger charge is -2.10. The van der Waals surface area contributed by atoms with Crippen LogP contribution in [-0.4, -0.2) is 18.0 Å². The maximum atomic E-state index is 12.2. The van der Waals surface area contributed by atoms with Crippen LogP contribution in [-0.2, 0) is 11.2 Å². The Hall–Kier alpha value is -2.40. The number of methoxy groups -OCH3 is 1. The van der Waals surface area contributed by atoms with Gasteiger partial charge >= 0.3 is 0 Å². The zero-order chi connectivity index (χ0) is 16.2. The topological polar surface area (TPSA) is 51.2 Å². The molecule has 23 heavy (non-hydrogen) atoms. The van der Waals surface area contributed by atoms with Crippen molar-refractivity contribution in [2.24, 2.45) is 0 Å². The molecule has 3 aromatic rings. The summed E-state index contributed by atoms with van der Waals surface area (Å²) < 4.78 is 6.43. The van der Waals surface area contributed by atoms with Gasteiger partial charge in [0.1, 0.15) is 5.75 Å². The summed E-state index contributed by atoms with van der Waals surface area (Å²) in [5.41, 5.74) is 2.78. The maximum Gasteiger partial charge on any atom is 0.224 e. The smallest absolute Gasteiger partial charge is 0.224 e. The van der Waals surface area contributed by atoms with Crippen molar-refractivity contribution in [1.29, 1.82) is 0 Å². The zero-order valence-corrected chi connectivity index (χ0v) is 13.9. The maximum absolute atomic E-state index is 12.2. The quantitative estimate of drug-likeness (QED) is 0.765. The van der Waals surface area contributed by atoms with Crippen LogP contribution < -0.4 is 10.1 Å². The fourth-order valence-electron chi connectivity index (χ4n) is 2.38. The highest BCUT2D eigenvalue weighted by atomic mass is 32.1. The van der Waals surface area contributed by atoms with Gasteiger partial charge in [-0.15, -0.1) is 11.3 Å². The van der Waals surface area contributed by atoms with E-state index in [9.17, 15) is 4.79 Å². The molecule has 0 bridgehead atoms. The predicted molar refractivity (Wildman–Crippen MR) is 94.3 cm³/mol. The first-order chi connectivity index (χ1) is 11.2. The summed E-state index contributed by atoms with van der Waals surface area (Å²) in [6, 6.07) is 13.7. The average Bonchev–Trinajstić information content (AvgIpc) is 2.96. The van der Waals surface area contributed by atoms with Crippen molar-refractivity contribution < 1.29 is 9.53 Å². The van der Waals surface area contributed by atoms with Gasteiger partial charge in [-0.2, -0.15) is 0 Å². The molecule has 0 unspecified atom stereocenters. The summed E-state index contributed by atoms with van der Waals surface area (Å²) in [5, 5.41) is 3.90. The molecule has 0 atom stereocenters. The van der Waals surface area contributed by atoms with Crippen molar-refractivity contribution in [3.63, 3.8) is 0 Å². The first-order valence-corrected chi connectivity index (χ1v) is 8.26. The number of ether oxygens (including phenoxy) is 1. The Morgan fingerprint density at radius 3 is 2.87 bits per heavy atom. The number of carbonyl (C=O) groups excluding carboxylic acids is 1. The molecule has 4 nitrogen and oxygen atoms in total. The zero-order valence-electron chi connectivity index (χ0n) is 13.1. The third kappa shape index (κ3) is 3.68. The molecule has 0 aliphatic heterocycles. The van der Waals surface area contributed by atoms with E-state index in [1.54, 1.807) is 18.4 Å². The van der Waals surface area contributed by atoms with Gasteiger partial charge in [-0.1, -0.05) is 18.2 Å². The van der Waals surface area contributed by atoms with Gasteiger partial charge in [-0.25, -0.2) is 4.98 Å². The second-order valence-electron chi connectivity index (χ2n) is 5.33. The first-order valence-electron chi connectivity index (χ1n) is 7.44. The van der Waals surface area contributed by atoms with Crippen molar-refractivity contribution in [3.05, 3.63) is 53.0 Å². The molecule has 0 saturated heterocycles. The Bertz CT molecular complexity index is 809. The monoisotopic (exact) mass is 326 g/mol. The lowest BCUT2D eigenvalue weighted by Crippen LogP contribution is -2.13. The van der Waals surface area contributed by atoms with Crippen LogP contribution in [0.15, 0.2) is 42.5 Å². The Kier molecular flexibility index (Phi) is 4.57. The molecular formula is C18H18N2O2S. The van der Waals surface area contributed by atoms with Crippen LogP contribution in [0.3, 0.4) is 0 Å². The van der Waals surface area contributed by atoms with E-state index in [0.29, 0.717) is 24.3 Å². The molecule has 0 fully saturated rings. The summed E-state index contributed by atoms with van der Waals surface area (Å²) in [6.45, 7) is 1.98. The van der Waals surface area contributed by atoms with Crippen molar-refractivity contribution in [2.75, 3.05) is 12.4 Å². The van der Waals surface area contributed by atoms with Gasteiger partial charge in [-0.05, 0) is 36.8 Å². The second kappa shape index (κ2) is 6.79. The van der Waals surface area contributed by atoms with E-state index in [2.05, 4.69) is 10.3 Å². The van der Waals surface area contributed by atoms with Crippen LogP contribution in [0.5, 0.6) is 5.75 Å². The fourth-order valence-corrected chi connectivity index (χ4v) is 3.35. The summed E-state index contributed by atoms with van der Waals surface area (Å²) in [4.78, 5) is 16.7. The minimum atomic E-state index is -0.0341. The number of nitrogens with one attached hydrogen (secondary N) is 1. The van der Waals surface area contributed by atoms with Crippen LogP contribution in [0, 0.1) is 6.92 Å². The van der Waals surface area contributed by atoms with E-state index >= 15 is 0 Å². The first kappa shape index (κ1) is 15.5. The molecule has 1 heterocycles. The standard InChI is InChI=1S/C18H18N2O2S/c1-12-7-8-15(22-2)14(11-12)19-17(21)9-10-18-20-13-5-3-4-6-16(13)23-18/h3-8,11H,9-10H2,1-2H3,(H,19,21). The molecule has 2 aromatic carbocycles. The van der Waals surface area contributed by atoms with E-state index in [1.807, 2.05) is 49.4 Å². The van der Waals surface area contributed by atoms with Crippen molar-refractivity contribution >= 4 is 33.1 Å². The number of aryl methyl sites for hydroxylation is 2. The number of rotatable bonds is 5. The van der Waals surface area contributed by atoms with Gasteiger partial charge in [0, 0.05) is 12.8 Å². The van der Waals surface area contributed by atoms with Crippen LogP contribution in [0.2, 0.25) is 0 Å². The van der Waals surface area contributed by atoms with Crippen LogP contribution in [0.25, 0.3) is 10.2 Å². The third-order valence-electron chi connectivity index (χ3n) is 3.53. The molecular weight excluding hydrogens is 308 g/mol. The summed E-state index contributed by atoms with van der Waals surface area (Å²) in [7, 11) is 1.60. The number of amides is 1. The molecule has 0 aliphatic rings. The number of hydrogen-bond donors (Lipinski definition) is 1. The van der Waals surface area contributed by atoms with Gasteiger partial charge in [0.05, 0.1) is 28.0 Å². The van der Waals surface area contributed by atoms with Gasteiger partial charge in [-0.3, -0.25) is 4.79 Å². The number of nitrogens with zero attached hydrogens (tertiary/aromatic N) is 1. The lowest BCUT2D eigenvalue weighted by atomic mass is 10.2. The number of anilines is 1. The summed E-state index contributed by atoms with van der Waals surface area (Å²) in [6.07, 6.45) is 1.04. The largest absolute Gasteiger partial charge is 0.495 e. The minimum absolute atomic E-state index is 0.0341. The molecule has 1 amide bonds. The lowest BCUT2D eigenvalue weighted by molar-refractivity contribution is -0.116. The van der Waals surface area contributed by atoms with E-state index in [0.717, 1.165) is 20.8 Å². The third-order valence-corrected chi connectivity index (χ3v) is 4.63. The Balaban J connectivity index is 1.64. The van der Waals surface area contributed by atoms with Crippen molar-refractivity contribution in [1.82, 2.24) is 4.98 Å². The Morgan fingerprint density at radius 2 is 2.09 bits per heavy atom. The van der Waals surface area contributed by atoms with E-state index in [1.165, 1.54) is 0 Å². The number of fused-ring (bicyclic) bond motifs is 1. The molecule has 5 heteroatoms. The van der Waals surface area contributed by atoms with Gasteiger partial charge < -0.3 is 10.1 Å². The number of carbonyl (C=O) groups is 1. The van der Waals surface area contributed by atoms with E-state index < -0.39 is 0 Å². The van der Waals surface area contributed by atoms with Crippen LogP contribution in [0.4, 0.5) is 5.69 Å². The summed E-state index contributed by atoms with van der Waals surface area (Å²) >= 11 is 1.64. The molecule has 0 spiro atoms. The molecule has 1 N–H and O–H groups in total. The van der Waals surface area contributed by atoms with Gasteiger partial charge in [0.15, 0.2) is 0 Å². The number of aromatic nitrogens is 1. The second-order valence-corrected chi connectivity index (χ2v) is 6.44. The number of para-hydroxylation sites is 1. The van der Waals surface area contributed by atoms with Crippen LogP contribution in [0.1, 0.15) is 17.0 Å². The molecule has 0 aliphatic carbocycles. The number of thiazole rings is 1. The number of benzene rings is 2. The van der Waals surface area contributed by atoms with Gasteiger partial charge in [0.2, 0.25) is 5.91 Å². The van der Waals surface area contributed by atoms with E-state index in [-0.39, 0.29) is 5.91 Å². The average molecular weight is 326 g/mol. The molecule has 1 aromatic heterocycles. The van der Waals surface area contributed by atoms with E-state index in [4.69, 9.17) is 4.74 Å². The Labute approximate surface area is 139 Å². The predicted octanol–water partition coefficient (Wildman–Crippen LogP) is 4.18. The number of hydrogen-bond acceptors (Lipinski definition) is 4. The Morgan fingerprint density at radius 1 is 1.26 bits per heavy atom. The minimum Gasteiger partial charge on any atom is -0.495 e. The summed E-state index contributed by atoms with van der Waals surface area (Å²) in [5.74, 6) is 0.636. The van der Waals surface area contributed by atoms with Crippen molar-refractivity contribution in [2.45, 2.75) is 19.8 Å². The van der Waals surface area contributed by atoms with Crippen molar-refractivity contribution in [3.8, 4) is 5.75 Å². The van der Waals surface area contributed by atoms with Crippen LogP contribution >= 0.6 is 11.3 Å². The highest BCUT2D eigenvalue weighted by Crippen LogP contribution is 2.26. The molecule has 0 radical (unpaired) electrons. The highest BCUT2D eigenvalue weighted by molar-refractivity contribution is 7.18. The molecule has 3 rings (SSSR count). The SMILES string of the molecule is COc1ccc(C)cc1NC(=O)CCc1nc2ccccc2s1. The molecule has 0 saturated carbocycles. The fraction of sp³-hybridized carbons (Fsp3) is 0.222. The highest BCUT2D eigenvalue weighted by Gasteiger charge is 2.10. The normalized spacial score (nSPS) is 10.7.